The predicted molar refractivity (Wildman–Crippen MR) is 90.4 cm³/mol. The summed E-state index contributed by atoms with van der Waals surface area (Å²) in [5.41, 5.74) is 3.48. The van der Waals surface area contributed by atoms with Crippen LogP contribution < -0.4 is 0 Å². The lowest BCUT2D eigenvalue weighted by Crippen LogP contribution is -2.01. The monoisotopic (exact) mass is 280 g/mol. The van der Waals surface area contributed by atoms with Gasteiger partial charge in [-0.2, -0.15) is 0 Å². The lowest BCUT2D eigenvalue weighted by atomic mass is 10.0. The largest absolute Gasteiger partial charge is 0.237 e. The van der Waals surface area contributed by atoms with Gasteiger partial charge in [-0.25, -0.2) is 9.98 Å². The number of benzene rings is 1. The highest BCUT2D eigenvalue weighted by molar-refractivity contribution is 6.01. The van der Waals surface area contributed by atoms with Crippen LogP contribution in [0.2, 0.25) is 0 Å². The molecule has 0 atom stereocenters. The topological polar surface area (TPSA) is 25.2 Å². The van der Waals surface area contributed by atoms with E-state index in [0.29, 0.717) is 0 Å². The van der Waals surface area contributed by atoms with Gasteiger partial charge in [0.25, 0.3) is 0 Å². The van der Waals surface area contributed by atoms with Gasteiger partial charge in [0.05, 0.1) is 5.71 Å². The Kier molecular flexibility index (Phi) is 6.14. The molecule has 0 unspecified atom stereocenters. The minimum Gasteiger partial charge on any atom is -0.237 e. The van der Waals surface area contributed by atoms with Crippen molar-refractivity contribution in [3.63, 3.8) is 0 Å². The van der Waals surface area contributed by atoms with Crippen molar-refractivity contribution in [2.24, 2.45) is 4.99 Å². The summed E-state index contributed by atoms with van der Waals surface area (Å²) in [4.78, 5) is 9.23. The molecule has 1 heterocycles. The van der Waals surface area contributed by atoms with E-state index in [1.54, 1.807) is 0 Å². The van der Waals surface area contributed by atoms with Crippen LogP contribution in [-0.4, -0.2) is 10.7 Å². The molecule has 0 amide bonds. The molecule has 0 spiro atoms. The molecule has 21 heavy (non-hydrogen) atoms. The fourth-order valence-electron chi connectivity index (χ4n) is 2.34. The number of nitrogens with zero attached hydrogens (tertiary/aromatic N) is 2. The predicted octanol–water partition coefficient (Wildman–Crippen LogP) is 5.48. The highest BCUT2D eigenvalue weighted by Crippen LogP contribution is 2.18. The zero-order chi connectivity index (χ0) is 14.9. The first-order valence-corrected chi connectivity index (χ1v) is 7.86. The lowest BCUT2D eigenvalue weighted by molar-refractivity contribution is 0.683. The Bertz CT molecular complexity index is 573. The van der Waals surface area contributed by atoms with Gasteiger partial charge in [0.2, 0.25) is 0 Å². The number of aliphatic imine (C=N–C) groups is 1. The van der Waals surface area contributed by atoms with Crippen molar-refractivity contribution in [2.45, 2.75) is 46.0 Å². The second kappa shape index (κ2) is 8.35. The molecule has 2 aromatic rings. The van der Waals surface area contributed by atoms with E-state index in [0.717, 1.165) is 23.5 Å². The Morgan fingerprint density at radius 2 is 1.81 bits per heavy atom. The van der Waals surface area contributed by atoms with E-state index in [1.807, 2.05) is 18.3 Å². The summed E-state index contributed by atoms with van der Waals surface area (Å²) in [6, 6.07) is 14.5. The van der Waals surface area contributed by atoms with Gasteiger partial charge in [-0.05, 0) is 37.0 Å². The maximum absolute atomic E-state index is 4.83. The van der Waals surface area contributed by atoms with Crippen molar-refractivity contribution in [3.8, 4) is 0 Å². The van der Waals surface area contributed by atoms with Crippen LogP contribution in [0.5, 0.6) is 0 Å². The molecule has 110 valence electrons. The highest BCUT2D eigenvalue weighted by Gasteiger charge is 2.05. The van der Waals surface area contributed by atoms with Gasteiger partial charge in [0.1, 0.15) is 0 Å². The summed E-state index contributed by atoms with van der Waals surface area (Å²) in [5.74, 6) is 0.840. The molecule has 0 aliphatic carbocycles. The molecule has 2 rings (SSSR count). The zero-order valence-electron chi connectivity index (χ0n) is 13.0. The van der Waals surface area contributed by atoms with Crippen LogP contribution in [0.25, 0.3) is 0 Å². The van der Waals surface area contributed by atoms with E-state index >= 15 is 0 Å². The van der Waals surface area contributed by atoms with Crippen molar-refractivity contribution in [1.82, 2.24) is 4.98 Å². The van der Waals surface area contributed by atoms with E-state index in [9.17, 15) is 0 Å². The zero-order valence-corrected chi connectivity index (χ0v) is 13.0. The standard InChI is InChI=1S/C19H24N2/c1-3-4-5-9-14-18(17-12-7-6-8-13-17)21-19-16(2)11-10-15-20-19/h6-8,10-13,15H,3-5,9,14H2,1-2H3/b21-18+. The summed E-state index contributed by atoms with van der Waals surface area (Å²) >= 11 is 0. The average molecular weight is 280 g/mol. The molecule has 0 fully saturated rings. The normalized spacial score (nSPS) is 11.6. The number of rotatable bonds is 7. The van der Waals surface area contributed by atoms with E-state index in [4.69, 9.17) is 4.99 Å². The fourth-order valence-corrected chi connectivity index (χ4v) is 2.34. The molecule has 2 nitrogen and oxygen atoms in total. The molecular weight excluding hydrogens is 256 g/mol. The molecule has 0 aliphatic heterocycles. The average Bonchev–Trinajstić information content (AvgIpc) is 2.53. The molecule has 0 bridgehead atoms. The Balaban J connectivity index is 2.21. The van der Waals surface area contributed by atoms with E-state index in [1.165, 1.54) is 31.2 Å². The number of unbranched alkanes of at least 4 members (excludes halogenated alkanes) is 3. The third-order valence-electron chi connectivity index (χ3n) is 3.60. The molecule has 1 aromatic carbocycles. The molecular formula is C19H24N2. The molecule has 0 radical (unpaired) electrons. The van der Waals surface area contributed by atoms with Crippen LogP contribution in [0.4, 0.5) is 5.82 Å². The third-order valence-corrected chi connectivity index (χ3v) is 3.60. The number of aromatic nitrogens is 1. The number of hydrogen-bond donors (Lipinski definition) is 0. The maximum Gasteiger partial charge on any atom is 0.154 e. The first kappa shape index (κ1) is 15.4. The van der Waals surface area contributed by atoms with E-state index < -0.39 is 0 Å². The molecule has 2 heteroatoms. The quantitative estimate of drug-likeness (QED) is 0.487. The molecule has 0 saturated heterocycles. The van der Waals surface area contributed by atoms with Gasteiger partial charge < -0.3 is 0 Å². The minimum absolute atomic E-state index is 0.840. The van der Waals surface area contributed by atoms with Crippen LogP contribution in [0, 0.1) is 6.92 Å². The second-order valence-electron chi connectivity index (χ2n) is 5.38. The van der Waals surface area contributed by atoms with Crippen LogP contribution in [-0.2, 0) is 0 Å². The number of pyridine rings is 1. The van der Waals surface area contributed by atoms with Crippen LogP contribution >= 0.6 is 0 Å². The first-order valence-electron chi connectivity index (χ1n) is 7.86. The Morgan fingerprint density at radius 3 is 2.52 bits per heavy atom. The van der Waals surface area contributed by atoms with Crippen molar-refractivity contribution >= 4 is 11.5 Å². The summed E-state index contributed by atoms with van der Waals surface area (Å²) < 4.78 is 0. The van der Waals surface area contributed by atoms with Gasteiger partial charge in [-0.1, -0.05) is 62.6 Å². The van der Waals surface area contributed by atoms with Crippen LogP contribution in [0.1, 0.15) is 50.2 Å². The molecule has 0 saturated carbocycles. The summed E-state index contributed by atoms with van der Waals surface area (Å²) in [6.07, 6.45) is 7.84. The van der Waals surface area contributed by atoms with Crippen molar-refractivity contribution in [1.29, 1.82) is 0 Å². The summed E-state index contributed by atoms with van der Waals surface area (Å²) in [6.45, 7) is 4.30. The Labute approximate surface area is 128 Å². The molecule has 0 aliphatic rings. The molecule has 0 N–H and O–H groups in total. The smallest absolute Gasteiger partial charge is 0.154 e. The number of aryl methyl sites for hydroxylation is 1. The second-order valence-corrected chi connectivity index (χ2v) is 5.38. The van der Waals surface area contributed by atoms with Crippen molar-refractivity contribution < 1.29 is 0 Å². The van der Waals surface area contributed by atoms with Crippen molar-refractivity contribution in [2.75, 3.05) is 0 Å². The minimum atomic E-state index is 0.840. The number of hydrogen-bond acceptors (Lipinski definition) is 2. The molecule has 1 aromatic heterocycles. The Hall–Kier alpha value is -1.96. The maximum atomic E-state index is 4.83. The third kappa shape index (κ3) is 4.82. The first-order chi connectivity index (χ1) is 10.3. The van der Waals surface area contributed by atoms with Crippen molar-refractivity contribution in [3.05, 3.63) is 59.8 Å². The lowest BCUT2D eigenvalue weighted by Gasteiger charge is -2.08. The van der Waals surface area contributed by atoms with Gasteiger partial charge in [0, 0.05) is 6.20 Å². The van der Waals surface area contributed by atoms with Gasteiger partial charge in [-0.15, -0.1) is 0 Å². The summed E-state index contributed by atoms with van der Waals surface area (Å²) in [5, 5.41) is 0. The van der Waals surface area contributed by atoms with Crippen LogP contribution in [0.15, 0.2) is 53.7 Å². The highest BCUT2D eigenvalue weighted by atomic mass is 14.9. The van der Waals surface area contributed by atoms with E-state index in [-0.39, 0.29) is 0 Å². The van der Waals surface area contributed by atoms with Gasteiger partial charge >= 0.3 is 0 Å². The van der Waals surface area contributed by atoms with E-state index in [2.05, 4.69) is 49.2 Å². The Morgan fingerprint density at radius 1 is 1.00 bits per heavy atom. The van der Waals surface area contributed by atoms with Gasteiger partial charge in [-0.3, -0.25) is 0 Å². The SMILES string of the molecule is CCCCCC/C(=N\c1ncccc1C)c1ccccc1. The fraction of sp³-hybridized carbons (Fsp3) is 0.368. The van der Waals surface area contributed by atoms with Crippen LogP contribution in [0.3, 0.4) is 0 Å². The summed E-state index contributed by atoms with van der Waals surface area (Å²) in [7, 11) is 0. The van der Waals surface area contributed by atoms with Gasteiger partial charge in [0.15, 0.2) is 5.82 Å².